The Labute approximate surface area is 182 Å². The molecule has 0 heterocycles. The van der Waals surface area contributed by atoms with Gasteiger partial charge in [0.05, 0.1) is 5.56 Å². The number of Topliss-reactive ketones (excluding diaryl/α,β-unsaturated/α-hetero) is 1. The number of hydrogen-bond donors (Lipinski definition) is 1. The Morgan fingerprint density at radius 1 is 0.742 bits per heavy atom. The zero-order chi connectivity index (χ0) is 23.1. The molecular formula is C24H34F4O3. The summed E-state index contributed by atoms with van der Waals surface area (Å²) in [6.07, 6.45) is 8.47. The molecule has 0 atom stereocenters. The van der Waals surface area contributed by atoms with E-state index in [1.54, 1.807) is 0 Å². The van der Waals surface area contributed by atoms with Gasteiger partial charge in [0.15, 0.2) is 0 Å². The van der Waals surface area contributed by atoms with Gasteiger partial charge in [0.25, 0.3) is 0 Å². The van der Waals surface area contributed by atoms with Gasteiger partial charge in [-0.05, 0) is 30.5 Å². The minimum absolute atomic E-state index is 0.0363. The van der Waals surface area contributed by atoms with Gasteiger partial charge in [0, 0.05) is 19.3 Å². The predicted molar refractivity (Wildman–Crippen MR) is 112 cm³/mol. The van der Waals surface area contributed by atoms with Gasteiger partial charge in [-0.15, -0.1) is 0 Å². The highest BCUT2D eigenvalue weighted by Gasteiger charge is 2.33. The van der Waals surface area contributed by atoms with Gasteiger partial charge in [-0.1, -0.05) is 70.3 Å². The summed E-state index contributed by atoms with van der Waals surface area (Å²) in [4.78, 5) is 22.4. The fraction of sp³-hybridized carbons (Fsp3) is 0.667. The minimum Gasteiger partial charge on any atom is -0.481 e. The summed E-state index contributed by atoms with van der Waals surface area (Å²) in [5, 5.41) is 8.56. The summed E-state index contributed by atoms with van der Waals surface area (Å²) in [6.45, 7) is 0. The van der Waals surface area contributed by atoms with E-state index < -0.39 is 23.5 Å². The molecule has 0 spiro atoms. The lowest BCUT2D eigenvalue weighted by Gasteiger charge is -2.09. The van der Waals surface area contributed by atoms with Crippen molar-refractivity contribution < 1.29 is 32.3 Å². The highest BCUT2D eigenvalue weighted by atomic mass is 19.4. The molecule has 0 fully saturated rings. The third-order valence-corrected chi connectivity index (χ3v) is 5.34. The molecule has 0 aliphatic heterocycles. The van der Waals surface area contributed by atoms with Crippen LogP contribution in [0.3, 0.4) is 0 Å². The molecule has 1 N–H and O–H groups in total. The molecule has 31 heavy (non-hydrogen) atoms. The van der Waals surface area contributed by atoms with E-state index in [-0.39, 0.29) is 24.2 Å². The van der Waals surface area contributed by atoms with Gasteiger partial charge in [-0.2, -0.15) is 13.2 Å². The lowest BCUT2D eigenvalue weighted by atomic mass is 10.0. The lowest BCUT2D eigenvalue weighted by molar-refractivity contribution is -0.140. The van der Waals surface area contributed by atoms with E-state index in [0.717, 1.165) is 63.9 Å². The van der Waals surface area contributed by atoms with Crippen LogP contribution in [0.5, 0.6) is 0 Å². The molecule has 7 heteroatoms. The predicted octanol–water partition coefficient (Wildman–Crippen LogP) is 7.50. The first-order valence-corrected chi connectivity index (χ1v) is 11.3. The van der Waals surface area contributed by atoms with E-state index >= 15 is 0 Å². The monoisotopic (exact) mass is 446 g/mol. The first-order valence-electron chi connectivity index (χ1n) is 11.3. The molecule has 0 amide bonds. The van der Waals surface area contributed by atoms with Gasteiger partial charge in [0.2, 0.25) is 0 Å². The molecule has 0 unspecified atom stereocenters. The number of carbonyl (C=O) groups is 2. The molecule has 0 saturated heterocycles. The van der Waals surface area contributed by atoms with E-state index in [2.05, 4.69) is 0 Å². The first kappa shape index (κ1) is 27.1. The van der Waals surface area contributed by atoms with Gasteiger partial charge in [-0.3, -0.25) is 9.59 Å². The fourth-order valence-corrected chi connectivity index (χ4v) is 3.58. The van der Waals surface area contributed by atoms with Crippen LogP contribution in [0.4, 0.5) is 17.6 Å². The Kier molecular flexibility index (Phi) is 13.1. The Bertz CT molecular complexity index is 671. The Hall–Kier alpha value is -1.92. The molecule has 3 nitrogen and oxygen atoms in total. The molecule has 1 rings (SSSR count). The Morgan fingerprint density at radius 3 is 1.61 bits per heavy atom. The second-order valence-corrected chi connectivity index (χ2v) is 8.16. The summed E-state index contributed by atoms with van der Waals surface area (Å²) in [6, 6.07) is 2.66. The molecule has 176 valence electrons. The van der Waals surface area contributed by atoms with Crippen LogP contribution in [0.15, 0.2) is 18.2 Å². The maximum Gasteiger partial charge on any atom is 0.419 e. The molecule has 0 aliphatic carbocycles. The van der Waals surface area contributed by atoms with E-state index in [1.807, 2.05) is 0 Å². The quantitative estimate of drug-likeness (QED) is 0.199. The number of alkyl halides is 3. The number of rotatable bonds is 17. The van der Waals surface area contributed by atoms with Gasteiger partial charge >= 0.3 is 12.1 Å². The first-order chi connectivity index (χ1) is 14.7. The summed E-state index contributed by atoms with van der Waals surface area (Å²) in [7, 11) is 0. The van der Waals surface area contributed by atoms with Crippen LogP contribution in [-0.2, 0) is 22.2 Å². The lowest BCUT2D eigenvalue weighted by Crippen LogP contribution is -2.09. The number of ketones is 1. The van der Waals surface area contributed by atoms with Gasteiger partial charge in [0.1, 0.15) is 11.6 Å². The van der Waals surface area contributed by atoms with Crippen molar-refractivity contribution >= 4 is 11.8 Å². The van der Waals surface area contributed by atoms with Crippen molar-refractivity contribution in [3.8, 4) is 0 Å². The summed E-state index contributed by atoms with van der Waals surface area (Å²) >= 11 is 0. The number of carbonyl (C=O) groups excluding carboxylic acids is 1. The van der Waals surface area contributed by atoms with E-state index in [1.165, 1.54) is 25.3 Å². The van der Waals surface area contributed by atoms with Crippen LogP contribution in [0.25, 0.3) is 0 Å². The summed E-state index contributed by atoms with van der Waals surface area (Å²) in [5.41, 5.74) is -1.03. The number of halogens is 4. The van der Waals surface area contributed by atoms with Crippen molar-refractivity contribution in [3.05, 3.63) is 35.1 Å². The van der Waals surface area contributed by atoms with Crippen LogP contribution in [0, 0.1) is 5.82 Å². The maximum absolute atomic E-state index is 13.5. The summed E-state index contributed by atoms with van der Waals surface area (Å²) in [5.74, 6) is -2.14. The molecular weight excluding hydrogens is 412 g/mol. The number of benzene rings is 1. The van der Waals surface area contributed by atoms with E-state index in [4.69, 9.17) is 5.11 Å². The SMILES string of the molecule is O=C(O)CCCCCCCCCCCCCCC(=O)Cc1ccc(C(F)(F)F)c(F)c1. The Morgan fingerprint density at radius 2 is 1.19 bits per heavy atom. The van der Waals surface area contributed by atoms with Crippen molar-refractivity contribution in [1.29, 1.82) is 0 Å². The van der Waals surface area contributed by atoms with E-state index in [0.29, 0.717) is 12.5 Å². The van der Waals surface area contributed by atoms with Crippen molar-refractivity contribution in [2.75, 3.05) is 0 Å². The minimum atomic E-state index is -4.73. The third kappa shape index (κ3) is 13.2. The van der Waals surface area contributed by atoms with Crippen LogP contribution in [-0.4, -0.2) is 16.9 Å². The van der Waals surface area contributed by atoms with Crippen LogP contribution in [0.1, 0.15) is 101 Å². The van der Waals surface area contributed by atoms with E-state index in [9.17, 15) is 27.2 Å². The molecule has 0 saturated carbocycles. The standard InChI is InChI=1S/C24H34F4O3/c25-22-18-19(15-16-21(22)24(26,27)28)17-20(29)13-11-9-7-5-3-1-2-4-6-8-10-12-14-23(30)31/h15-16,18H,1-14,17H2,(H,30,31). The van der Waals surface area contributed by atoms with Crippen molar-refractivity contribution in [1.82, 2.24) is 0 Å². The van der Waals surface area contributed by atoms with Crippen LogP contribution in [0.2, 0.25) is 0 Å². The average molecular weight is 447 g/mol. The van der Waals surface area contributed by atoms with Crippen molar-refractivity contribution in [3.63, 3.8) is 0 Å². The number of carboxylic acids is 1. The molecule has 0 bridgehead atoms. The highest BCUT2D eigenvalue weighted by molar-refractivity contribution is 5.80. The normalized spacial score (nSPS) is 11.6. The highest BCUT2D eigenvalue weighted by Crippen LogP contribution is 2.31. The summed E-state index contributed by atoms with van der Waals surface area (Å²) < 4.78 is 51.2. The number of carboxylic acid groups (broad SMARTS) is 1. The number of unbranched alkanes of at least 4 members (excludes halogenated alkanes) is 11. The van der Waals surface area contributed by atoms with Gasteiger partial charge in [-0.25, -0.2) is 4.39 Å². The largest absolute Gasteiger partial charge is 0.481 e. The topological polar surface area (TPSA) is 54.4 Å². The molecule has 1 aromatic rings. The van der Waals surface area contributed by atoms with Gasteiger partial charge < -0.3 is 5.11 Å². The number of hydrogen-bond acceptors (Lipinski definition) is 2. The zero-order valence-corrected chi connectivity index (χ0v) is 18.1. The molecule has 1 aromatic carbocycles. The van der Waals surface area contributed by atoms with Crippen LogP contribution < -0.4 is 0 Å². The smallest absolute Gasteiger partial charge is 0.419 e. The Balaban J connectivity index is 1.99. The fourth-order valence-electron chi connectivity index (χ4n) is 3.58. The van der Waals surface area contributed by atoms with Crippen molar-refractivity contribution in [2.45, 2.75) is 102 Å². The average Bonchev–Trinajstić information content (AvgIpc) is 2.67. The molecule has 0 aromatic heterocycles. The molecule has 0 radical (unpaired) electrons. The van der Waals surface area contributed by atoms with Crippen LogP contribution >= 0.6 is 0 Å². The maximum atomic E-state index is 13.5. The third-order valence-electron chi connectivity index (χ3n) is 5.34. The second-order valence-electron chi connectivity index (χ2n) is 8.16. The second kappa shape index (κ2) is 15.0. The zero-order valence-electron chi connectivity index (χ0n) is 18.1. The number of aliphatic carboxylic acids is 1. The molecule has 0 aliphatic rings. The van der Waals surface area contributed by atoms with Crippen molar-refractivity contribution in [2.24, 2.45) is 0 Å².